The first-order valence-electron chi connectivity index (χ1n) is 9.22. The number of hydrogen-bond donors (Lipinski definition) is 0. The summed E-state index contributed by atoms with van der Waals surface area (Å²) in [6.07, 6.45) is 8.01. The van der Waals surface area contributed by atoms with Crippen LogP contribution >= 0.6 is 0 Å². The molecule has 9 heteroatoms. The number of likely N-dealkylation sites (tertiary alicyclic amines) is 1. The van der Waals surface area contributed by atoms with Crippen LogP contribution in [0.3, 0.4) is 0 Å². The maximum Gasteiger partial charge on any atom is 0.253 e. The molecule has 0 radical (unpaired) electrons. The summed E-state index contributed by atoms with van der Waals surface area (Å²) in [6.45, 7) is 0.0956. The highest BCUT2D eigenvalue weighted by Gasteiger charge is 2.35. The van der Waals surface area contributed by atoms with Gasteiger partial charge in [0.05, 0.1) is 22.9 Å². The normalized spacial score (nSPS) is 16.4. The molecule has 0 unspecified atom stereocenters. The quantitative estimate of drug-likeness (QED) is 0.522. The Hall–Kier alpha value is -3.49. The highest BCUT2D eigenvalue weighted by molar-refractivity contribution is 5.97. The Bertz CT molecular complexity index is 1230. The van der Waals surface area contributed by atoms with Gasteiger partial charge in [-0.05, 0) is 18.2 Å². The van der Waals surface area contributed by atoms with Crippen LogP contribution in [-0.4, -0.2) is 54.2 Å². The summed E-state index contributed by atoms with van der Waals surface area (Å²) in [6, 6.07) is 5.03. The van der Waals surface area contributed by atoms with Gasteiger partial charge in [0, 0.05) is 61.8 Å². The predicted octanol–water partition coefficient (Wildman–Crippen LogP) is 3.21. The molecule has 0 saturated carbocycles. The maximum atomic E-state index is 13.4. The molecule has 0 aliphatic carbocycles. The third-order valence-corrected chi connectivity index (χ3v) is 5.11. The monoisotopic (exact) mass is 394 g/mol. The van der Waals surface area contributed by atoms with Crippen molar-refractivity contribution in [1.82, 2.24) is 29.2 Å². The standard InChI is InChI=1S/C20H16F2N6O/c21-20(22)3-6-27(7-4-20)18(29)13-1-2-15-16(9-13)26-17(11-24-15)14-10-25-19-23-5-8-28(19)12-14/h1-2,5,8-12H,3-4,6-7H2. The van der Waals surface area contributed by atoms with Crippen molar-refractivity contribution >= 4 is 22.7 Å². The highest BCUT2D eigenvalue weighted by Crippen LogP contribution is 2.28. The lowest BCUT2D eigenvalue weighted by atomic mass is 10.1. The molecule has 1 fully saturated rings. The lowest BCUT2D eigenvalue weighted by Gasteiger charge is -2.31. The van der Waals surface area contributed by atoms with Crippen molar-refractivity contribution in [2.75, 3.05) is 13.1 Å². The largest absolute Gasteiger partial charge is 0.338 e. The number of alkyl halides is 2. The molecule has 1 aliphatic heterocycles. The molecule has 1 aromatic carbocycles. The van der Waals surface area contributed by atoms with Gasteiger partial charge in [0.1, 0.15) is 0 Å². The zero-order valence-corrected chi connectivity index (χ0v) is 15.3. The summed E-state index contributed by atoms with van der Waals surface area (Å²) in [7, 11) is 0. The first-order valence-corrected chi connectivity index (χ1v) is 9.22. The van der Waals surface area contributed by atoms with Crippen molar-refractivity contribution in [3.05, 3.63) is 54.7 Å². The molecule has 0 bridgehead atoms. The van der Waals surface area contributed by atoms with Crippen molar-refractivity contribution in [3.63, 3.8) is 0 Å². The number of fused-ring (bicyclic) bond motifs is 2. The predicted molar refractivity (Wildman–Crippen MR) is 102 cm³/mol. The summed E-state index contributed by atoms with van der Waals surface area (Å²) in [4.78, 5) is 31.6. The van der Waals surface area contributed by atoms with Gasteiger partial charge in [0.25, 0.3) is 11.8 Å². The Balaban J connectivity index is 1.47. The minimum absolute atomic E-state index is 0.0478. The van der Waals surface area contributed by atoms with E-state index in [9.17, 15) is 13.6 Å². The second kappa shape index (κ2) is 6.54. The number of nitrogens with zero attached hydrogens (tertiary/aromatic N) is 6. The van der Waals surface area contributed by atoms with E-state index < -0.39 is 5.92 Å². The van der Waals surface area contributed by atoms with Gasteiger partial charge in [-0.2, -0.15) is 0 Å². The molecule has 7 nitrogen and oxygen atoms in total. The number of amides is 1. The Morgan fingerprint density at radius 3 is 2.69 bits per heavy atom. The second-order valence-corrected chi connectivity index (χ2v) is 7.08. The fourth-order valence-corrected chi connectivity index (χ4v) is 3.45. The molecule has 0 spiro atoms. The fourth-order valence-electron chi connectivity index (χ4n) is 3.45. The van der Waals surface area contributed by atoms with Gasteiger partial charge in [-0.3, -0.25) is 14.2 Å². The molecule has 146 valence electrons. The summed E-state index contributed by atoms with van der Waals surface area (Å²) < 4.78 is 28.5. The van der Waals surface area contributed by atoms with E-state index in [0.717, 1.165) is 5.56 Å². The van der Waals surface area contributed by atoms with Crippen LogP contribution < -0.4 is 0 Å². The van der Waals surface area contributed by atoms with Gasteiger partial charge in [-0.15, -0.1) is 0 Å². The van der Waals surface area contributed by atoms with Crippen LogP contribution in [0.1, 0.15) is 23.2 Å². The van der Waals surface area contributed by atoms with Crippen LogP contribution in [-0.2, 0) is 0 Å². The number of carbonyl (C=O) groups is 1. The summed E-state index contributed by atoms with van der Waals surface area (Å²) in [5, 5.41) is 0. The van der Waals surface area contributed by atoms with Gasteiger partial charge in [-0.1, -0.05) is 0 Å². The van der Waals surface area contributed by atoms with Crippen molar-refractivity contribution in [2.24, 2.45) is 0 Å². The SMILES string of the molecule is O=C(c1ccc2ncc(-c3cnc4nccn4c3)nc2c1)N1CCC(F)(F)CC1. The zero-order valence-electron chi connectivity index (χ0n) is 15.3. The molecule has 4 aromatic rings. The van der Waals surface area contributed by atoms with Crippen molar-refractivity contribution in [1.29, 1.82) is 0 Å². The van der Waals surface area contributed by atoms with E-state index in [1.54, 1.807) is 47.4 Å². The number of halogens is 2. The molecular weight excluding hydrogens is 378 g/mol. The summed E-state index contributed by atoms with van der Waals surface area (Å²) >= 11 is 0. The molecule has 0 atom stereocenters. The van der Waals surface area contributed by atoms with E-state index in [1.165, 1.54) is 4.90 Å². The molecular formula is C20H16F2N6O. The van der Waals surface area contributed by atoms with Gasteiger partial charge >= 0.3 is 0 Å². The summed E-state index contributed by atoms with van der Waals surface area (Å²) in [5.41, 5.74) is 2.99. The number of carbonyl (C=O) groups excluding carboxylic acids is 1. The van der Waals surface area contributed by atoms with Crippen LogP contribution in [0.15, 0.2) is 49.2 Å². The van der Waals surface area contributed by atoms with Gasteiger partial charge in [-0.25, -0.2) is 23.7 Å². The molecule has 1 amide bonds. The highest BCUT2D eigenvalue weighted by atomic mass is 19.3. The number of hydrogen-bond acceptors (Lipinski definition) is 5. The lowest BCUT2D eigenvalue weighted by molar-refractivity contribution is -0.0494. The van der Waals surface area contributed by atoms with Crippen LogP contribution in [0.2, 0.25) is 0 Å². The average molecular weight is 394 g/mol. The van der Waals surface area contributed by atoms with Crippen molar-refractivity contribution in [2.45, 2.75) is 18.8 Å². The molecule has 1 aliphatic rings. The van der Waals surface area contributed by atoms with Crippen molar-refractivity contribution in [3.8, 4) is 11.3 Å². The van der Waals surface area contributed by atoms with Crippen LogP contribution in [0.4, 0.5) is 8.78 Å². The number of imidazole rings is 1. The zero-order chi connectivity index (χ0) is 20.0. The molecule has 5 rings (SSSR count). The molecule has 3 aromatic heterocycles. The van der Waals surface area contributed by atoms with E-state index in [4.69, 9.17) is 0 Å². The minimum Gasteiger partial charge on any atom is -0.338 e. The Labute approximate surface area is 164 Å². The molecule has 1 saturated heterocycles. The molecule has 4 heterocycles. The third kappa shape index (κ3) is 3.28. The van der Waals surface area contributed by atoms with E-state index in [0.29, 0.717) is 28.1 Å². The average Bonchev–Trinajstić information content (AvgIpc) is 3.20. The molecule has 0 N–H and O–H groups in total. The van der Waals surface area contributed by atoms with E-state index in [2.05, 4.69) is 19.9 Å². The number of piperidine rings is 1. The lowest BCUT2D eigenvalue weighted by Crippen LogP contribution is -2.42. The maximum absolute atomic E-state index is 13.4. The van der Waals surface area contributed by atoms with E-state index in [-0.39, 0.29) is 31.8 Å². The second-order valence-electron chi connectivity index (χ2n) is 7.08. The van der Waals surface area contributed by atoms with Gasteiger partial charge in [0.15, 0.2) is 0 Å². The third-order valence-electron chi connectivity index (χ3n) is 5.11. The van der Waals surface area contributed by atoms with Crippen LogP contribution in [0.25, 0.3) is 28.1 Å². The minimum atomic E-state index is -2.69. The fraction of sp³-hybridized carbons (Fsp3) is 0.250. The van der Waals surface area contributed by atoms with E-state index in [1.807, 2.05) is 6.20 Å². The summed E-state index contributed by atoms with van der Waals surface area (Å²) in [5.74, 6) is -2.37. The van der Waals surface area contributed by atoms with Crippen LogP contribution in [0, 0.1) is 0 Å². The van der Waals surface area contributed by atoms with E-state index >= 15 is 0 Å². The number of benzene rings is 1. The first kappa shape index (κ1) is 17.6. The topological polar surface area (TPSA) is 76.3 Å². The van der Waals surface area contributed by atoms with Crippen LogP contribution in [0.5, 0.6) is 0 Å². The Morgan fingerprint density at radius 1 is 1.03 bits per heavy atom. The Morgan fingerprint density at radius 2 is 1.86 bits per heavy atom. The molecule has 29 heavy (non-hydrogen) atoms. The Kier molecular flexibility index (Phi) is 3.97. The smallest absolute Gasteiger partial charge is 0.253 e. The van der Waals surface area contributed by atoms with Gasteiger partial charge < -0.3 is 4.90 Å². The van der Waals surface area contributed by atoms with Gasteiger partial charge in [0.2, 0.25) is 5.78 Å². The first-order chi connectivity index (χ1) is 14.0. The number of rotatable bonds is 2. The van der Waals surface area contributed by atoms with Crippen molar-refractivity contribution < 1.29 is 13.6 Å². The number of aromatic nitrogens is 5.